The second-order valence-electron chi connectivity index (χ2n) is 4.25. The molecule has 90 valence electrons. The van der Waals surface area contributed by atoms with Crippen LogP contribution in [-0.4, -0.2) is 19.7 Å². The highest BCUT2D eigenvalue weighted by Crippen LogP contribution is 2.26. The van der Waals surface area contributed by atoms with Gasteiger partial charge in [0.2, 0.25) is 0 Å². The Labute approximate surface area is 98.2 Å². The third-order valence-electron chi connectivity index (χ3n) is 2.57. The van der Waals surface area contributed by atoms with E-state index in [9.17, 15) is 0 Å². The lowest BCUT2D eigenvalue weighted by Gasteiger charge is -2.29. The van der Waals surface area contributed by atoms with Crippen LogP contribution in [0.15, 0.2) is 18.2 Å². The molecule has 0 amide bonds. The van der Waals surface area contributed by atoms with Gasteiger partial charge in [-0.3, -0.25) is 0 Å². The Morgan fingerprint density at radius 2 is 2.00 bits per heavy atom. The van der Waals surface area contributed by atoms with Gasteiger partial charge in [-0.25, -0.2) is 0 Å². The Morgan fingerprint density at radius 3 is 2.50 bits per heavy atom. The fraction of sp³-hybridized carbons (Fsp3) is 0.538. The molecule has 0 atom stereocenters. The van der Waals surface area contributed by atoms with Crippen LogP contribution in [-0.2, 0) is 0 Å². The van der Waals surface area contributed by atoms with Gasteiger partial charge in [-0.05, 0) is 26.3 Å². The van der Waals surface area contributed by atoms with E-state index in [2.05, 4.69) is 25.7 Å². The van der Waals surface area contributed by atoms with E-state index in [-0.39, 0.29) is 0 Å². The zero-order valence-corrected chi connectivity index (χ0v) is 10.7. The van der Waals surface area contributed by atoms with E-state index in [0.717, 1.165) is 30.1 Å². The van der Waals surface area contributed by atoms with Gasteiger partial charge in [0.25, 0.3) is 0 Å². The molecule has 0 aliphatic carbocycles. The molecular formula is C13H22N2O. The van der Waals surface area contributed by atoms with E-state index in [4.69, 9.17) is 10.5 Å². The summed E-state index contributed by atoms with van der Waals surface area (Å²) >= 11 is 0. The van der Waals surface area contributed by atoms with Crippen LogP contribution >= 0.6 is 0 Å². The molecule has 0 heterocycles. The summed E-state index contributed by atoms with van der Waals surface area (Å²) in [5.74, 6) is 0.816. The van der Waals surface area contributed by atoms with Crippen LogP contribution in [0.1, 0.15) is 27.2 Å². The topological polar surface area (TPSA) is 38.5 Å². The Hall–Kier alpha value is -1.38. The summed E-state index contributed by atoms with van der Waals surface area (Å²) in [7, 11) is 1.66. The molecule has 0 bridgehead atoms. The maximum atomic E-state index is 5.86. The van der Waals surface area contributed by atoms with Gasteiger partial charge in [0, 0.05) is 36.1 Å². The van der Waals surface area contributed by atoms with Crippen molar-refractivity contribution in [2.24, 2.45) is 0 Å². The van der Waals surface area contributed by atoms with Crippen molar-refractivity contribution >= 4 is 11.4 Å². The number of nitrogens with zero attached hydrogens (tertiary/aromatic N) is 1. The number of benzene rings is 1. The normalized spacial score (nSPS) is 10.6. The van der Waals surface area contributed by atoms with Gasteiger partial charge in [-0.15, -0.1) is 0 Å². The van der Waals surface area contributed by atoms with Crippen molar-refractivity contribution in [3.63, 3.8) is 0 Å². The van der Waals surface area contributed by atoms with Gasteiger partial charge in [0.1, 0.15) is 5.75 Å². The van der Waals surface area contributed by atoms with Gasteiger partial charge in [-0.1, -0.05) is 6.92 Å². The lowest BCUT2D eigenvalue weighted by molar-refractivity contribution is 0.415. The third kappa shape index (κ3) is 3.05. The summed E-state index contributed by atoms with van der Waals surface area (Å²) in [6, 6.07) is 6.34. The Morgan fingerprint density at radius 1 is 1.31 bits per heavy atom. The minimum Gasteiger partial charge on any atom is -0.497 e. The highest BCUT2D eigenvalue weighted by atomic mass is 16.5. The van der Waals surface area contributed by atoms with Crippen LogP contribution in [0, 0.1) is 0 Å². The summed E-state index contributed by atoms with van der Waals surface area (Å²) in [4.78, 5) is 2.33. The van der Waals surface area contributed by atoms with Gasteiger partial charge < -0.3 is 15.4 Å². The van der Waals surface area contributed by atoms with Gasteiger partial charge in [0.05, 0.1) is 7.11 Å². The van der Waals surface area contributed by atoms with E-state index >= 15 is 0 Å². The molecule has 0 fully saturated rings. The fourth-order valence-electron chi connectivity index (χ4n) is 1.82. The molecule has 0 aliphatic rings. The second kappa shape index (κ2) is 5.64. The minimum atomic E-state index is 0.464. The molecule has 0 spiro atoms. The molecule has 0 unspecified atom stereocenters. The third-order valence-corrected chi connectivity index (χ3v) is 2.57. The van der Waals surface area contributed by atoms with Crippen molar-refractivity contribution in [1.82, 2.24) is 0 Å². The van der Waals surface area contributed by atoms with Crippen LogP contribution in [0.25, 0.3) is 0 Å². The van der Waals surface area contributed by atoms with Crippen molar-refractivity contribution in [3.05, 3.63) is 18.2 Å². The number of methoxy groups -OCH3 is 1. The largest absolute Gasteiger partial charge is 0.497 e. The predicted molar refractivity (Wildman–Crippen MR) is 70.2 cm³/mol. The van der Waals surface area contributed by atoms with Crippen molar-refractivity contribution in [1.29, 1.82) is 0 Å². The maximum absolute atomic E-state index is 5.86. The molecule has 16 heavy (non-hydrogen) atoms. The van der Waals surface area contributed by atoms with Crippen molar-refractivity contribution in [3.8, 4) is 5.75 Å². The van der Waals surface area contributed by atoms with E-state index in [1.54, 1.807) is 7.11 Å². The number of nitrogen functional groups attached to an aromatic ring is 1. The molecule has 2 N–H and O–H groups in total. The number of nitrogens with two attached hydrogens (primary N) is 1. The predicted octanol–water partition coefficient (Wildman–Crippen LogP) is 2.90. The van der Waals surface area contributed by atoms with E-state index in [1.807, 2.05) is 18.2 Å². The molecule has 1 rings (SSSR count). The van der Waals surface area contributed by atoms with E-state index in [0.29, 0.717) is 6.04 Å². The molecule has 0 radical (unpaired) electrons. The summed E-state index contributed by atoms with van der Waals surface area (Å²) in [5, 5.41) is 0. The molecule has 1 aromatic rings. The molecule has 3 nitrogen and oxygen atoms in total. The molecule has 0 aromatic heterocycles. The second-order valence-corrected chi connectivity index (χ2v) is 4.25. The quantitative estimate of drug-likeness (QED) is 0.778. The van der Waals surface area contributed by atoms with Crippen LogP contribution < -0.4 is 15.4 Å². The fourth-order valence-corrected chi connectivity index (χ4v) is 1.82. The lowest BCUT2D eigenvalue weighted by Crippen LogP contribution is -2.31. The highest BCUT2D eigenvalue weighted by Gasteiger charge is 2.11. The zero-order chi connectivity index (χ0) is 12.1. The zero-order valence-electron chi connectivity index (χ0n) is 10.7. The first-order chi connectivity index (χ1) is 7.58. The van der Waals surface area contributed by atoms with Crippen LogP contribution in [0.2, 0.25) is 0 Å². The molecular weight excluding hydrogens is 200 g/mol. The maximum Gasteiger partial charge on any atom is 0.122 e. The highest BCUT2D eigenvalue weighted by molar-refractivity contribution is 5.60. The molecule has 3 heteroatoms. The monoisotopic (exact) mass is 222 g/mol. The average molecular weight is 222 g/mol. The number of hydrogen-bond donors (Lipinski definition) is 1. The molecule has 0 aliphatic heterocycles. The van der Waals surface area contributed by atoms with E-state index < -0.39 is 0 Å². The summed E-state index contributed by atoms with van der Waals surface area (Å²) < 4.78 is 5.24. The lowest BCUT2D eigenvalue weighted by atomic mass is 10.2. The first-order valence-corrected chi connectivity index (χ1v) is 5.79. The Balaban J connectivity index is 3.03. The van der Waals surface area contributed by atoms with Crippen molar-refractivity contribution < 1.29 is 4.74 Å². The van der Waals surface area contributed by atoms with Crippen LogP contribution in [0.5, 0.6) is 5.75 Å². The van der Waals surface area contributed by atoms with Crippen molar-refractivity contribution in [2.45, 2.75) is 33.2 Å². The van der Waals surface area contributed by atoms with Gasteiger partial charge in [0.15, 0.2) is 0 Å². The summed E-state index contributed by atoms with van der Waals surface area (Å²) in [5.41, 5.74) is 7.74. The van der Waals surface area contributed by atoms with Gasteiger partial charge in [-0.2, -0.15) is 0 Å². The van der Waals surface area contributed by atoms with Crippen molar-refractivity contribution in [2.75, 3.05) is 24.3 Å². The number of hydrogen-bond acceptors (Lipinski definition) is 3. The summed E-state index contributed by atoms with van der Waals surface area (Å²) in [6.45, 7) is 7.58. The summed E-state index contributed by atoms with van der Waals surface area (Å²) in [6.07, 6.45) is 1.12. The molecule has 0 saturated heterocycles. The van der Waals surface area contributed by atoms with Crippen LogP contribution in [0.3, 0.4) is 0 Å². The Bertz CT molecular complexity index is 337. The van der Waals surface area contributed by atoms with Crippen LogP contribution in [0.4, 0.5) is 11.4 Å². The number of anilines is 2. The smallest absolute Gasteiger partial charge is 0.122 e. The SMILES string of the molecule is CCCN(c1cc(N)cc(OC)c1)C(C)C. The van der Waals surface area contributed by atoms with E-state index in [1.165, 1.54) is 0 Å². The van der Waals surface area contributed by atoms with Gasteiger partial charge >= 0.3 is 0 Å². The first kappa shape index (κ1) is 12.7. The Kier molecular flexibility index (Phi) is 4.47. The number of rotatable bonds is 5. The standard InChI is InChI=1S/C13H22N2O/c1-5-6-15(10(2)3)12-7-11(14)8-13(9-12)16-4/h7-10H,5-6,14H2,1-4H3. The molecule has 0 saturated carbocycles. The minimum absolute atomic E-state index is 0.464. The average Bonchev–Trinajstić information content (AvgIpc) is 2.24. The number of ether oxygens (including phenoxy) is 1. The first-order valence-electron chi connectivity index (χ1n) is 5.79. The molecule has 1 aromatic carbocycles.